The van der Waals surface area contributed by atoms with Crippen molar-refractivity contribution in [1.82, 2.24) is 10.2 Å². The Morgan fingerprint density at radius 2 is 2.05 bits per heavy atom. The highest BCUT2D eigenvalue weighted by Gasteiger charge is 2.30. The molecule has 0 saturated carbocycles. The summed E-state index contributed by atoms with van der Waals surface area (Å²) in [4.78, 5) is 25.9. The number of urea groups is 1. The van der Waals surface area contributed by atoms with Gasteiger partial charge in [0.2, 0.25) is 5.91 Å². The van der Waals surface area contributed by atoms with E-state index in [4.69, 9.17) is 0 Å². The summed E-state index contributed by atoms with van der Waals surface area (Å²) in [5.74, 6) is -0.0410. The van der Waals surface area contributed by atoms with E-state index in [0.717, 1.165) is 30.5 Å². The Kier molecular flexibility index (Phi) is 5.81. The van der Waals surface area contributed by atoms with Crippen LogP contribution in [-0.2, 0) is 11.2 Å². The SMILES string of the molecule is CCCc1ccccc1NC(=O)N1CC[C@H](C(=O)NCC)C1. The first-order chi connectivity index (χ1) is 10.7. The van der Waals surface area contributed by atoms with Crippen molar-refractivity contribution in [3.05, 3.63) is 29.8 Å². The molecule has 1 aromatic carbocycles. The lowest BCUT2D eigenvalue weighted by Gasteiger charge is -2.18. The fraction of sp³-hybridized carbons (Fsp3) is 0.529. The van der Waals surface area contributed by atoms with E-state index in [1.165, 1.54) is 0 Å². The molecule has 120 valence electrons. The van der Waals surface area contributed by atoms with Gasteiger partial charge >= 0.3 is 6.03 Å². The van der Waals surface area contributed by atoms with Gasteiger partial charge in [0.15, 0.2) is 0 Å². The van der Waals surface area contributed by atoms with Crippen LogP contribution in [0.5, 0.6) is 0 Å². The van der Waals surface area contributed by atoms with Crippen LogP contribution >= 0.6 is 0 Å². The van der Waals surface area contributed by atoms with Gasteiger partial charge in [0, 0.05) is 25.3 Å². The number of nitrogens with zero attached hydrogens (tertiary/aromatic N) is 1. The summed E-state index contributed by atoms with van der Waals surface area (Å²) in [5, 5.41) is 5.81. The van der Waals surface area contributed by atoms with Gasteiger partial charge in [-0.2, -0.15) is 0 Å². The molecule has 0 unspecified atom stereocenters. The largest absolute Gasteiger partial charge is 0.356 e. The fourth-order valence-electron chi connectivity index (χ4n) is 2.80. The summed E-state index contributed by atoms with van der Waals surface area (Å²) in [7, 11) is 0. The van der Waals surface area contributed by atoms with Gasteiger partial charge in [-0.3, -0.25) is 4.79 Å². The lowest BCUT2D eigenvalue weighted by atomic mass is 10.1. The zero-order valence-electron chi connectivity index (χ0n) is 13.4. The molecule has 3 amide bonds. The maximum atomic E-state index is 12.4. The minimum absolute atomic E-state index is 0.0455. The summed E-state index contributed by atoms with van der Waals surface area (Å²) in [5.41, 5.74) is 2.02. The molecule has 2 rings (SSSR count). The number of hydrogen-bond acceptors (Lipinski definition) is 2. The predicted molar refractivity (Wildman–Crippen MR) is 87.8 cm³/mol. The van der Waals surface area contributed by atoms with Gasteiger partial charge in [0.05, 0.1) is 5.92 Å². The molecular formula is C17H25N3O2. The van der Waals surface area contributed by atoms with Crippen molar-refractivity contribution in [2.45, 2.75) is 33.1 Å². The van der Waals surface area contributed by atoms with Crippen LogP contribution in [0.25, 0.3) is 0 Å². The maximum absolute atomic E-state index is 12.4. The molecule has 1 heterocycles. The number of carbonyl (C=O) groups is 2. The van der Waals surface area contributed by atoms with Crippen molar-refractivity contribution in [1.29, 1.82) is 0 Å². The van der Waals surface area contributed by atoms with Gasteiger partial charge in [-0.05, 0) is 31.4 Å². The van der Waals surface area contributed by atoms with Crippen molar-refractivity contribution >= 4 is 17.6 Å². The van der Waals surface area contributed by atoms with Crippen LogP contribution in [-0.4, -0.2) is 36.5 Å². The highest BCUT2D eigenvalue weighted by molar-refractivity contribution is 5.91. The van der Waals surface area contributed by atoms with Crippen LogP contribution < -0.4 is 10.6 Å². The van der Waals surface area contributed by atoms with Crippen LogP contribution in [0.15, 0.2) is 24.3 Å². The molecule has 0 aliphatic carbocycles. The van der Waals surface area contributed by atoms with Crippen LogP contribution in [0.4, 0.5) is 10.5 Å². The Morgan fingerprint density at radius 3 is 2.77 bits per heavy atom. The van der Waals surface area contributed by atoms with E-state index in [9.17, 15) is 9.59 Å². The number of nitrogens with one attached hydrogen (secondary N) is 2. The number of amides is 3. The fourth-order valence-corrected chi connectivity index (χ4v) is 2.80. The molecule has 0 bridgehead atoms. The third-order valence-electron chi connectivity index (χ3n) is 3.98. The van der Waals surface area contributed by atoms with E-state index in [2.05, 4.69) is 17.6 Å². The first-order valence-electron chi connectivity index (χ1n) is 8.07. The standard InChI is InChI=1S/C17H25N3O2/c1-3-7-13-8-5-6-9-15(13)19-17(22)20-11-10-14(12-20)16(21)18-4-2/h5-6,8-9,14H,3-4,7,10-12H2,1-2H3,(H,18,21)(H,19,22)/t14-/m0/s1. The van der Waals surface area contributed by atoms with Crippen molar-refractivity contribution < 1.29 is 9.59 Å². The highest BCUT2D eigenvalue weighted by atomic mass is 16.2. The summed E-state index contributed by atoms with van der Waals surface area (Å²) in [6, 6.07) is 7.77. The molecule has 0 radical (unpaired) electrons. The smallest absolute Gasteiger partial charge is 0.321 e. The van der Waals surface area contributed by atoms with Gasteiger partial charge < -0.3 is 15.5 Å². The van der Waals surface area contributed by atoms with Gasteiger partial charge in [-0.25, -0.2) is 4.79 Å². The highest BCUT2D eigenvalue weighted by Crippen LogP contribution is 2.20. The van der Waals surface area contributed by atoms with Crippen molar-refractivity contribution in [3.8, 4) is 0 Å². The molecule has 5 nitrogen and oxygen atoms in total. The molecule has 1 aliphatic heterocycles. The third-order valence-corrected chi connectivity index (χ3v) is 3.98. The first kappa shape index (κ1) is 16.3. The summed E-state index contributed by atoms with van der Waals surface area (Å²) in [6.07, 6.45) is 2.71. The molecule has 0 spiro atoms. The Hall–Kier alpha value is -2.04. The maximum Gasteiger partial charge on any atom is 0.321 e. The quantitative estimate of drug-likeness (QED) is 0.878. The lowest BCUT2D eigenvalue weighted by molar-refractivity contribution is -0.124. The van der Waals surface area contributed by atoms with Crippen LogP contribution in [0.1, 0.15) is 32.3 Å². The number of hydrogen-bond donors (Lipinski definition) is 2. The Labute approximate surface area is 132 Å². The van der Waals surface area contributed by atoms with E-state index < -0.39 is 0 Å². The first-order valence-corrected chi connectivity index (χ1v) is 8.07. The Balaban J connectivity index is 1.95. The normalized spacial score (nSPS) is 17.4. The topological polar surface area (TPSA) is 61.4 Å². The van der Waals surface area contributed by atoms with Crippen LogP contribution in [0.2, 0.25) is 0 Å². The summed E-state index contributed by atoms with van der Waals surface area (Å²) >= 11 is 0. The number of aryl methyl sites for hydroxylation is 1. The molecule has 1 saturated heterocycles. The molecule has 1 fully saturated rings. The molecular weight excluding hydrogens is 278 g/mol. The zero-order valence-corrected chi connectivity index (χ0v) is 13.4. The molecule has 1 aromatic rings. The predicted octanol–water partition coefficient (Wildman–Crippen LogP) is 2.63. The molecule has 0 aromatic heterocycles. The molecule has 1 atom stereocenters. The second kappa shape index (κ2) is 7.82. The van der Waals surface area contributed by atoms with E-state index in [1.807, 2.05) is 31.2 Å². The average Bonchev–Trinajstić information content (AvgIpc) is 3.00. The number of benzene rings is 1. The van der Waals surface area contributed by atoms with Gasteiger partial charge in [-0.15, -0.1) is 0 Å². The van der Waals surface area contributed by atoms with Crippen molar-refractivity contribution in [2.24, 2.45) is 5.92 Å². The average molecular weight is 303 g/mol. The molecule has 5 heteroatoms. The Morgan fingerprint density at radius 1 is 1.27 bits per heavy atom. The third kappa shape index (κ3) is 4.00. The van der Waals surface area contributed by atoms with Gasteiger partial charge in [0.1, 0.15) is 0 Å². The number of likely N-dealkylation sites (tertiary alicyclic amines) is 1. The van der Waals surface area contributed by atoms with E-state index in [1.54, 1.807) is 4.90 Å². The van der Waals surface area contributed by atoms with Crippen molar-refractivity contribution in [3.63, 3.8) is 0 Å². The van der Waals surface area contributed by atoms with Gasteiger partial charge in [0.25, 0.3) is 0 Å². The second-order valence-electron chi connectivity index (χ2n) is 5.66. The van der Waals surface area contributed by atoms with E-state index in [0.29, 0.717) is 19.6 Å². The summed E-state index contributed by atoms with van der Waals surface area (Å²) in [6.45, 7) is 5.78. The second-order valence-corrected chi connectivity index (χ2v) is 5.66. The molecule has 1 aliphatic rings. The van der Waals surface area contributed by atoms with Gasteiger partial charge in [-0.1, -0.05) is 31.5 Å². The Bertz CT molecular complexity index is 530. The van der Waals surface area contributed by atoms with Crippen LogP contribution in [0.3, 0.4) is 0 Å². The van der Waals surface area contributed by atoms with Crippen molar-refractivity contribution in [2.75, 3.05) is 25.0 Å². The molecule has 2 N–H and O–H groups in total. The zero-order chi connectivity index (χ0) is 15.9. The minimum atomic E-state index is -0.115. The number of rotatable bonds is 5. The van der Waals surface area contributed by atoms with E-state index in [-0.39, 0.29) is 17.9 Å². The van der Waals surface area contributed by atoms with Crippen LogP contribution in [0, 0.1) is 5.92 Å². The number of carbonyl (C=O) groups excluding carboxylic acids is 2. The number of anilines is 1. The van der Waals surface area contributed by atoms with E-state index >= 15 is 0 Å². The molecule has 22 heavy (non-hydrogen) atoms. The monoisotopic (exact) mass is 303 g/mol. The minimum Gasteiger partial charge on any atom is -0.356 e. The summed E-state index contributed by atoms with van der Waals surface area (Å²) < 4.78 is 0. The number of para-hydroxylation sites is 1. The lowest BCUT2D eigenvalue weighted by Crippen LogP contribution is -2.36.